The Morgan fingerprint density at radius 3 is 2.07 bits per heavy atom. The van der Waals surface area contributed by atoms with E-state index in [1.54, 1.807) is 7.11 Å². The molecule has 0 radical (unpaired) electrons. The molecule has 6 aromatic rings. The van der Waals surface area contributed by atoms with Crippen molar-refractivity contribution in [3.63, 3.8) is 0 Å². The lowest BCUT2D eigenvalue weighted by Crippen LogP contribution is -2.36. The summed E-state index contributed by atoms with van der Waals surface area (Å²) in [6.45, 7) is 5.21. The van der Waals surface area contributed by atoms with Gasteiger partial charge in [-0.2, -0.15) is 0 Å². The summed E-state index contributed by atoms with van der Waals surface area (Å²) in [6, 6.07) is 24.8. The van der Waals surface area contributed by atoms with Crippen LogP contribution in [0.3, 0.4) is 0 Å². The van der Waals surface area contributed by atoms with Crippen molar-refractivity contribution < 1.29 is 13.9 Å². The van der Waals surface area contributed by atoms with Gasteiger partial charge in [-0.25, -0.2) is 14.4 Å². The van der Waals surface area contributed by atoms with E-state index in [2.05, 4.69) is 57.8 Å². The molecule has 1 atom stereocenters. The molecule has 0 bridgehead atoms. The summed E-state index contributed by atoms with van der Waals surface area (Å²) in [7, 11) is 1.68. The first-order valence-electron chi connectivity index (χ1n) is 15.0. The average molecular weight is 591 g/mol. The normalized spacial score (nSPS) is 15.6. The van der Waals surface area contributed by atoms with E-state index in [9.17, 15) is 4.39 Å². The Labute approximate surface area is 255 Å². The van der Waals surface area contributed by atoms with E-state index in [-0.39, 0.29) is 6.61 Å². The van der Waals surface area contributed by atoms with Crippen LogP contribution in [-0.4, -0.2) is 64.8 Å². The molecular weight excluding hydrogens is 555 g/mol. The molecule has 224 valence electrons. The van der Waals surface area contributed by atoms with Crippen LogP contribution in [0, 0.1) is 0 Å². The van der Waals surface area contributed by atoms with Gasteiger partial charge in [0, 0.05) is 85.1 Å². The zero-order valence-electron chi connectivity index (χ0n) is 24.9. The molecule has 8 nitrogen and oxygen atoms in total. The highest BCUT2D eigenvalue weighted by Crippen LogP contribution is 2.30. The van der Waals surface area contributed by atoms with Gasteiger partial charge in [-0.05, 0) is 61.9 Å². The number of fused-ring (bicyclic) bond motifs is 2. The first kappa shape index (κ1) is 27.8. The zero-order chi connectivity index (χ0) is 30.0. The number of methoxy groups -OCH3 is 1. The van der Waals surface area contributed by atoms with Crippen LogP contribution >= 0.6 is 0 Å². The van der Waals surface area contributed by atoms with Gasteiger partial charge in [0.05, 0.1) is 18.5 Å². The molecule has 44 heavy (non-hydrogen) atoms. The first-order valence-corrected chi connectivity index (χ1v) is 15.0. The molecule has 0 spiro atoms. The van der Waals surface area contributed by atoms with Gasteiger partial charge in [0.25, 0.3) is 0 Å². The standard InChI is InChI=1S/C18H18FN3O.C17H17N3O/c19-6-10-23-16-4-1-3-14(11-16)17-13-22-9-5-15(12-18(22)20-17)21-7-2-8-21;1-12-10-20(12)14-7-8-19-11-16(18-17(19)9-14)13-3-5-15(21-2)6-4-13/h1,3-5,9,11-13H,2,6-8,10H2;3-9,11-12H,10H2,1-2H3. The smallest absolute Gasteiger partial charge is 0.139 e. The third-order valence-corrected chi connectivity index (χ3v) is 8.16. The summed E-state index contributed by atoms with van der Waals surface area (Å²) in [5.41, 5.74) is 8.32. The van der Waals surface area contributed by atoms with E-state index in [1.165, 1.54) is 17.8 Å². The molecule has 1 unspecified atom stereocenters. The molecule has 0 amide bonds. The molecule has 0 aliphatic carbocycles. The molecule has 6 heterocycles. The van der Waals surface area contributed by atoms with Gasteiger partial charge in [-0.3, -0.25) is 0 Å². The van der Waals surface area contributed by atoms with Gasteiger partial charge in [0.15, 0.2) is 0 Å². The fraction of sp³-hybridized carbons (Fsp3) is 0.257. The van der Waals surface area contributed by atoms with Crippen LogP contribution in [0.4, 0.5) is 15.8 Å². The predicted molar refractivity (Wildman–Crippen MR) is 173 cm³/mol. The van der Waals surface area contributed by atoms with Crippen LogP contribution in [0.15, 0.2) is 97.6 Å². The Morgan fingerprint density at radius 2 is 1.45 bits per heavy atom. The van der Waals surface area contributed by atoms with Gasteiger partial charge >= 0.3 is 0 Å². The number of imidazole rings is 2. The molecule has 2 aliphatic rings. The van der Waals surface area contributed by atoms with Gasteiger partial charge < -0.3 is 28.1 Å². The van der Waals surface area contributed by atoms with E-state index < -0.39 is 6.67 Å². The summed E-state index contributed by atoms with van der Waals surface area (Å²) < 4.78 is 26.9. The molecule has 2 fully saturated rings. The van der Waals surface area contributed by atoms with Crippen LogP contribution in [0.25, 0.3) is 33.8 Å². The molecular formula is C35H35FN6O2. The van der Waals surface area contributed by atoms with Crippen LogP contribution in [0.1, 0.15) is 13.3 Å². The summed E-state index contributed by atoms with van der Waals surface area (Å²) in [5.74, 6) is 1.53. The highest BCUT2D eigenvalue weighted by Gasteiger charge is 2.29. The quantitative estimate of drug-likeness (QED) is 0.182. The number of hydrogen-bond donors (Lipinski definition) is 0. The van der Waals surface area contributed by atoms with E-state index >= 15 is 0 Å². The SMILES string of the molecule is COc1ccc(-c2cn3ccc(N4CC4C)cc3n2)cc1.FCCOc1cccc(-c2cn3ccc(N4CCC4)cc3n2)c1. The second-order valence-corrected chi connectivity index (χ2v) is 11.2. The number of alkyl halides is 1. The number of pyridine rings is 2. The Kier molecular flexibility index (Phi) is 7.52. The third-order valence-electron chi connectivity index (χ3n) is 8.16. The lowest BCUT2D eigenvalue weighted by molar-refractivity contribution is 0.273. The summed E-state index contributed by atoms with van der Waals surface area (Å²) in [6.07, 6.45) is 9.45. The maximum Gasteiger partial charge on any atom is 0.139 e. The van der Waals surface area contributed by atoms with Crippen molar-refractivity contribution >= 4 is 22.7 Å². The predicted octanol–water partition coefficient (Wildman–Crippen LogP) is 6.78. The number of anilines is 2. The van der Waals surface area contributed by atoms with E-state index in [0.717, 1.165) is 59.2 Å². The summed E-state index contributed by atoms with van der Waals surface area (Å²) in [5, 5.41) is 0. The minimum atomic E-state index is -0.488. The van der Waals surface area contributed by atoms with Crippen molar-refractivity contribution in [2.45, 2.75) is 19.4 Å². The highest BCUT2D eigenvalue weighted by molar-refractivity contribution is 5.68. The second-order valence-electron chi connectivity index (χ2n) is 11.2. The Balaban J connectivity index is 0.000000143. The Hall–Kier alpha value is -5.05. The largest absolute Gasteiger partial charge is 0.497 e. The zero-order valence-corrected chi connectivity index (χ0v) is 24.9. The fourth-order valence-corrected chi connectivity index (χ4v) is 5.43. The van der Waals surface area contributed by atoms with Crippen molar-refractivity contribution in [2.75, 3.05) is 49.8 Å². The monoisotopic (exact) mass is 590 g/mol. The fourth-order valence-electron chi connectivity index (χ4n) is 5.43. The number of benzene rings is 2. The number of aromatic nitrogens is 4. The average Bonchev–Trinajstić information content (AvgIpc) is 3.41. The molecule has 8 rings (SSSR count). The Morgan fingerprint density at radius 1 is 0.795 bits per heavy atom. The number of ether oxygens (including phenoxy) is 2. The molecule has 0 saturated carbocycles. The minimum Gasteiger partial charge on any atom is -0.497 e. The van der Waals surface area contributed by atoms with Gasteiger partial charge in [-0.15, -0.1) is 0 Å². The van der Waals surface area contributed by atoms with Crippen LogP contribution in [0.2, 0.25) is 0 Å². The lowest BCUT2D eigenvalue weighted by atomic mass is 10.1. The number of rotatable bonds is 8. The number of nitrogens with zero attached hydrogens (tertiary/aromatic N) is 6. The third kappa shape index (κ3) is 5.77. The molecule has 0 N–H and O–H groups in total. The number of halogens is 1. The van der Waals surface area contributed by atoms with E-state index in [4.69, 9.17) is 19.4 Å². The van der Waals surface area contributed by atoms with Crippen LogP contribution < -0.4 is 19.3 Å². The van der Waals surface area contributed by atoms with Crippen LogP contribution in [-0.2, 0) is 0 Å². The van der Waals surface area contributed by atoms with Crippen molar-refractivity contribution in [1.82, 2.24) is 18.8 Å². The molecule has 9 heteroatoms. The first-order chi connectivity index (χ1) is 21.6. The van der Waals surface area contributed by atoms with Crippen molar-refractivity contribution in [2.24, 2.45) is 0 Å². The summed E-state index contributed by atoms with van der Waals surface area (Å²) in [4.78, 5) is 14.2. The molecule has 4 aromatic heterocycles. The number of hydrogen-bond acceptors (Lipinski definition) is 6. The maximum atomic E-state index is 12.2. The van der Waals surface area contributed by atoms with Crippen molar-refractivity contribution in [3.05, 3.63) is 97.6 Å². The van der Waals surface area contributed by atoms with Gasteiger partial charge in [-0.1, -0.05) is 12.1 Å². The second kappa shape index (κ2) is 11.9. The molecule has 2 aliphatic heterocycles. The topological polar surface area (TPSA) is 59.3 Å². The molecule has 2 aromatic carbocycles. The van der Waals surface area contributed by atoms with Crippen LogP contribution in [0.5, 0.6) is 11.5 Å². The summed E-state index contributed by atoms with van der Waals surface area (Å²) >= 11 is 0. The van der Waals surface area contributed by atoms with E-state index in [1.807, 2.05) is 65.3 Å². The van der Waals surface area contributed by atoms with Gasteiger partial charge in [0.1, 0.15) is 36.1 Å². The maximum absolute atomic E-state index is 12.2. The molecule has 2 saturated heterocycles. The van der Waals surface area contributed by atoms with E-state index in [0.29, 0.717) is 11.8 Å². The van der Waals surface area contributed by atoms with Crippen molar-refractivity contribution in [1.29, 1.82) is 0 Å². The minimum absolute atomic E-state index is 0.0772. The highest BCUT2D eigenvalue weighted by atomic mass is 19.1. The van der Waals surface area contributed by atoms with Gasteiger partial charge in [0.2, 0.25) is 0 Å². The van der Waals surface area contributed by atoms with Crippen molar-refractivity contribution in [3.8, 4) is 34.0 Å². The lowest BCUT2D eigenvalue weighted by Gasteiger charge is -2.33. The Bertz CT molecular complexity index is 1900.